The molecule has 0 fully saturated rings. The fraction of sp³-hybridized carbons (Fsp3) is 0.0435. The number of benzene rings is 3. The van der Waals surface area contributed by atoms with Gasteiger partial charge in [-0.2, -0.15) is 0 Å². The average molecular weight is 373 g/mol. The third kappa shape index (κ3) is 3.30. The summed E-state index contributed by atoms with van der Waals surface area (Å²) in [4.78, 5) is 15.9. The standard InChI is InChI=1S/C23H16FNO3/c24-17-8-6-14(7-9-17)10-15-11-19-18(16-4-2-1-3-5-16)12-20(23(27)28)22(26)21(19)25-13-15/h1-9,11-13,26H,10H2,(H,27,28). The predicted octanol–water partition coefficient (Wildman–Crippen LogP) is 5.04. The Balaban J connectivity index is 1.90. The largest absolute Gasteiger partial charge is 0.505 e. The second kappa shape index (κ2) is 7.12. The Morgan fingerprint density at radius 2 is 1.68 bits per heavy atom. The number of hydrogen-bond donors (Lipinski definition) is 2. The number of pyridine rings is 1. The zero-order chi connectivity index (χ0) is 19.7. The minimum absolute atomic E-state index is 0.190. The topological polar surface area (TPSA) is 70.4 Å². The minimum atomic E-state index is -1.21. The molecule has 0 radical (unpaired) electrons. The fourth-order valence-corrected chi connectivity index (χ4v) is 3.27. The summed E-state index contributed by atoms with van der Waals surface area (Å²) in [5.41, 5.74) is 3.36. The number of carboxylic acid groups (broad SMARTS) is 1. The molecule has 28 heavy (non-hydrogen) atoms. The number of aromatic carboxylic acids is 1. The van der Waals surface area contributed by atoms with E-state index in [1.54, 1.807) is 18.3 Å². The molecular formula is C23H16FNO3. The maximum atomic E-state index is 13.1. The molecule has 1 aromatic heterocycles. The van der Waals surface area contributed by atoms with Gasteiger partial charge in [0, 0.05) is 11.6 Å². The zero-order valence-corrected chi connectivity index (χ0v) is 14.8. The molecule has 2 N–H and O–H groups in total. The molecular weight excluding hydrogens is 357 g/mol. The normalized spacial score (nSPS) is 10.9. The Hall–Kier alpha value is -3.73. The van der Waals surface area contributed by atoms with E-state index in [9.17, 15) is 19.4 Å². The minimum Gasteiger partial charge on any atom is -0.505 e. The Kier molecular flexibility index (Phi) is 4.49. The van der Waals surface area contributed by atoms with Gasteiger partial charge in [0.1, 0.15) is 16.9 Å². The first kappa shape index (κ1) is 17.7. The van der Waals surface area contributed by atoms with Crippen molar-refractivity contribution in [1.82, 2.24) is 4.98 Å². The fourth-order valence-electron chi connectivity index (χ4n) is 3.27. The Morgan fingerprint density at radius 1 is 0.964 bits per heavy atom. The van der Waals surface area contributed by atoms with Crippen molar-refractivity contribution in [3.05, 3.63) is 95.4 Å². The van der Waals surface area contributed by atoms with E-state index < -0.39 is 5.97 Å². The van der Waals surface area contributed by atoms with Crippen molar-refractivity contribution in [3.63, 3.8) is 0 Å². The van der Waals surface area contributed by atoms with E-state index >= 15 is 0 Å². The summed E-state index contributed by atoms with van der Waals surface area (Å²) < 4.78 is 13.1. The molecule has 1 heterocycles. The molecule has 0 aliphatic heterocycles. The number of carbonyl (C=O) groups is 1. The van der Waals surface area contributed by atoms with Crippen LogP contribution in [-0.4, -0.2) is 21.2 Å². The van der Waals surface area contributed by atoms with Crippen LogP contribution in [0.5, 0.6) is 5.75 Å². The Labute approximate surface area is 160 Å². The molecule has 0 saturated carbocycles. The van der Waals surface area contributed by atoms with Crippen molar-refractivity contribution < 1.29 is 19.4 Å². The van der Waals surface area contributed by atoms with Crippen LogP contribution in [-0.2, 0) is 6.42 Å². The molecule has 0 aliphatic carbocycles. The number of rotatable bonds is 4. The molecule has 5 heteroatoms. The molecule has 3 aromatic carbocycles. The number of aromatic hydroxyl groups is 1. The van der Waals surface area contributed by atoms with Gasteiger partial charge in [-0.15, -0.1) is 0 Å². The highest BCUT2D eigenvalue weighted by Crippen LogP contribution is 2.36. The van der Waals surface area contributed by atoms with Gasteiger partial charge in [-0.1, -0.05) is 42.5 Å². The van der Waals surface area contributed by atoms with Crippen molar-refractivity contribution in [2.75, 3.05) is 0 Å². The molecule has 0 amide bonds. The van der Waals surface area contributed by atoms with Gasteiger partial charge in [0.05, 0.1) is 0 Å². The predicted molar refractivity (Wildman–Crippen MR) is 105 cm³/mol. The third-order valence-corrected chi connectivity index (χ3v) is 4.64. The van der Waals surface area contributed by atoms with Gasteiger partial charge in [-0.05, 0) is 52.9 Å². The maximum absolute atomic E-state index is 13.1. The van der Waals surface area contributed by atoms with E-state index in [-0.39, 0.29) is 22.6 Å². The van der Waals surface area contributed by atoms with Crippen LogP contribution in [0.3, 0.4) is 0 Å². The summed E-state index contributed by atoms with van der Waals surface area (Å²) in [5.74, 6) is -1.86. The van der Waals surface area contributed by atoms with Gasteiger partial charge in [0.2, 0.25) is 0 Å². The number of fused-ring (bicyclic) bond motifs is 1. The molecule has 138 valence electrons. The first-order valence-electron chi connectivity index (χ1n) is 8.70. The van der Waals surface area contributed by atoms with Gasteiger partial charge >= 0.3 is 5.97 Å². The average Bonchev–Trinajstić information content (AvgIpc) is 2.70. The second-order valence-electron chi connectivity index (χ2n) is 6.53. The Bertz CT molecular complexity index is 1170. The van der Waals surface area contributed by atoms with E-state index in [0.29, 0.717) is 17.4 Å². The number of carboxylic acids is 1. The number of phenols is 1. The quantitative estimate of drug-likeness (QED) is 0.526. The summed E-state index contributed by atoms with van der Waals surface area (Å²) in [6.07, 6.45) is 2.14. The van der Waals surface area contributed by atoms with E-state index in [1.165, 1.54) is 18.2 Å². The van der Waals surface area contributed by atoms with E-state index in [2.05, 4.69) is 4.98 Å². The summed E-state index contributed by atoms with van der Waals surface area (Å²) in [6.45, 7) is 0. The summed E-state index contributed by atoms with van der Waals surface area (Å²) in [7, 11) is 0. The van der Waals surface area contributed by atoms with Crippen molar-refractivity contribution >= 4 is 16.9 Å². The highest BCUT2D eigenvalue weighted by Gasteiger charge is 2.18. The monoisotopic (exact) mass is 373 g/mol. The van der Waals surface area contributed by atoms with Crippen molar-refractivity contribution in [2.45, 2.75) is 6.42 Å². The molecule has 4 aromatic rings. The van der Waals surface area contributed by atoms with E-state index in [4.69, 9.17) is 0 Å². The summed E-state index contributed by atoms with van der Waals surface area (Å²) in [6, 6.07) is 19.0. The lowest BCUT2D eigenvalue weighted by Crippen LogP contribution is -2.00. The highest BCUT2D eigenvalue weighted by atomic mass is 19.1. The van der Waals surface area contributed by atoms with Gasteiger partial charge in [-0.3, -0.25) is 4.98 Å². The van der Waals surface area contributed by atoms with Crippen LogP contribution < -0.4 is 0 Å². The number of nitrogens with zero attached hydrogens (tertiary/aromatic N) is 1. The molecule has 0 aliphatic rings. The highest BCUT2D eigenvalue weighted by molar-refractivity contribution is 6.05. The van der Waals surface area contributed by atoms with Crippen LogP contribution in [0.4, 0.5) is 4.39 Å². The lowest BCUT2D eigenvalue weighted by molar-refractivity contribution is 0.0694. The van der Waals surface area contributed by atoms with Gasteiger partial charge in [0.15, 0.2) is 5.75 Å². The van der Waals surface area contributed by atoms with Crippen LogP contribution in [0.1, 0.15) is 21.5 Å². The van der Waals surface area contributed by atoms with Crippen LogP contribution in [0.25, 0.3) is 22.0 Å². The Morgan fingerprint density at radius 3 is 2.36 bits per heavy atom. The number of hydrogen-bond acceptors (Lipinski definition) is 3. The number of halogens is 1. The first-order valence-corrected chi connectivity index (χ1v) is 8.70. The molecule has 4 nitrogen and oxygen atoms in total. The van der Waals surface area contributed by atoms with Crippen LogP contribution >= 0.6 is 0 Å². The van der Waals surface area contributed by atoms with Gasteiger partial charge in [-0.25, -0.2) is 9.18 Å². The molecule has 0 saturated heterocycles. The van der Waals surface area contributed by atoms with E-state index in [0.717, 1.165) is 16.7 Å². The van der Waals surface area contributed by atoms with E-state index in [1.807, 2.05) is 36.4 Å². The SMILES string of the molecule is O=C(O)c1cc(-c2ccccc2)c2cc(Cc3ccc(F)cc3)cnc2c1O. The lowest BCUT2D eigenvalue weighted by atomic mass is 9.95. The molecule has 0 spiro atoms. The second-order valence-corrected chi connectivity index (χ2v) is 6.53. The smallest absolute Gasteiger partial charge is 0.339 e. The maximum Gasteiger partial charge on any atom is 0.339 e. The first-order chi connectivity index (χ1) is 13.5. The van der Waals surface area contributed by atoms with Crippen LogP contribution in [0.15, 0.2) is 72.9 Å². The lowest BCUT2D eigenvalue weighted by Gasteiger charge is -2.12. The zero-order valence-electron chi connectivity index (χ0n) is 14.8. The van der Waals surface area contributed by atoms with Crippen molar-refractivity contribution in [3.8, 4) is 16.9 Å². The third-order valence-electron chi connectivity index (χ3n) is 4.64. The van der Waals surface area contributed by atoms with Gasteiger partial charge < -0.3 is 10.2 Å². The van der Waals surface area contributed by atoms with Gasteiger partial charge in [0.25, 0.3) is 0 Å². The summed E-state index contributed by atoms with van der Waals surface area (Å²) in [5, 5.41) is 20.5. The molecule has 0 atom stereocenters. The van der Waals surface area contributed by atoms with Crippen molar-refractivity contribution in [1.29, 1.82) is 0 Å². The van der Waals surface area contributed by atoms with Crippen LogP contribution in [0.2, 0.25) is 0 Å². The molecule has 4 rings (SSSR count). The number of aromatic nitrogens is 1. The molecule has 0 bridgehead atoms. The van der Waals surface area contributed by atoms with Crippen molar-refractivity contribution in [2.24, 2.45) is 0 Å². The summed E-state index contributed by atoms with van der Waals surface area (Å²) >= 11 is 0. The molecule has 0 unspecified atom stereocenters. The van der Waals surface area contributed by atoms with Crippen LogP contribution in [0, 0.1) is 5.82 Å².